The number of hydrogen-bond acceptors (Lipinski definition) is 4. The van der Waals surface area contributed by atoms with Gasteiger partial charge in [0.25, 0.3) is 0 Å². The molecule has 0 aromatic heterocycles. The summed E-state index contributed by atoms with van der Waals surface area (Å²) in [6, 6.07) is 5.86. The number of rotatable bonds is 3. The summed E-state index contributed by atoms with van der Waals surface area (Å²) in [5.41, 5.74) is 0.970. The van der Waals surface area contributed by atoms with Gasteiger partial charge in [-0.3, -0.25) is 0 Å². The molecule has 0 saturated carbocycles. The van der Waals surface area contributed by atoms with E-state index in [0.717, 1.165) is 9.87 Å². The van der Waals surface area contributed by atoms with Gasteiger partial charge in [0.05, 0.1) is 28.5 Å². The molecule has 1 aliphatic rings. The van der Waals surface area contributed by atoms with Crippen LogP contribution in [0.1, 0.15) is 5.56 Å². The molecule has 0 radical (unpaired) electrons. The Bertz CT molecular complexity index is 545. The summed E-state index contributed by atoms with van der Waals surface area (Å²) in [6.45, 7) is 1.52. The molecule has 0 aliphatic carbocycles. The smallest absolute Gasteiger partial charge is 0.243 e. The molecule has 1 fully saturated rings. The Balaban J connectivity index is 2.37. The molecule has 0 bridgehead atoms. The zero-order valence-electron chi connectivity index (χ0n) is 10.4. The lowest BCUT2D eigenvalue weighted by Crippen LogP contribution is -2.40. The van der Waals surface area contributed by atoms with E-state index in [0.29, 0.717) is 0 Å². The molecular weight excluding hydrogens is 334 g/mol. The molecule has 7 heteroatoms. The Morgan fingerprint density at radius 1 is 1.37 bits per heavy atom. The molecule has 19 heavy (non-hydrogen) atoms. The van der Waals surface area contributed by atoms with Crippen LogP contribution < -0.4 is 0 Å². The number of sulfonamides is 1. The Morgan fingerprint density at radius 2 is 1.95 bits per heavy atom. The Morgan fingerprint density at radius 3 is 2.47 bits per heavy atom. The lowest BCUT2D eigenvalue weighted by molar-refractivity contribution is 0.192. The van der Waals surface area contributed by atoms with Gasteiger partial charge >= 0.3 is 0 Å². The number of halogens is 1. The molecule has 2 N–H and O–H groups in total. The second-order valence-electron chi connectivity index (χ2n) is 4.65. The molecule has 3 atom stereocenters. The average Bonchev–Trinajstić information content (AvgIpc) is 2.66. The minimum atomic E-state index is -3.70. The van der Waals surface area contributed by atoms with Crippen LogP contribution in [-0.4, -0.2) is 53.1 Å². The monoisotopic (exact) mass is 349 g/mol. The maximum atomic E-state index is 12.5. The quantitative estimate of drug-likeness (QED) is 0.778. The first kappa shape index (κ1) is 14.9. The zero-order valence-corrected chi connectivity index (χ0v) is 12.8. The van der Waals surface area contributed by atoms with E-state index in [4.69, 9.17) is 0 Å². The van der Waals surface area contributed by atoms with Crippen LogP contribution in [0.25, 0.3) is 0 Å². The molecule has 2 rings (SSSR count). The van der Waals surface area contributed by atoms with E-state index < -0.39 is 27.0 Å². The van der Waals surface area contributed by atoms with Crippen LogP contribution >= 0.6 is 15.9 Å². The number of hydrogen-bond donors (Lipinski definition) is 2. The van der Waals surface area contributed by atoms with Crippen LogP contribution in [0.15, 0.2) is 29.2 Å². The fraction of sp³-hybridized carbons (Fsp3) is 0.500. The number of β-amino-alcohol motifs (C(OH)–C–C–N with tert-alkyl or cyclic N) is 1. The van der Waals surface area contributed by atoms with Crippen LogP contribution in [0.2, 0.25) is 0 Å². The van der Waals surface area contributed by atoms with Gasteiger partial charge < -0.3 is 10.2 Å². The fourth-order valence-corrected chi connectivity index (χ4v) is 4.58. The minimum Gasteiger partial charge on any atom is -0.395 e. The highest BCUT2D eigenvalue weighted by atomic mass is 79.9. The number of alkyl halides is 1. The highest BCUT2D eigenvalue weighted by Gasteiger charge is 2.45. The minimum absolute atomic E-state index is 0.0165. The van der Waals surface area contributed by atoms with Gasteiger partial charge in [0.15, 0.2) is 0 Å². The number of aliphatic hydroxyl groups is 2. The maximum Gasteiger partial charge on any atom is 0.243 e. The molecular formula is C12H16BrNO4S. The van der Waals surface area contributed by atoms with E-state index in [2.05, 4.69) is 15.9 Å². The summed E-state index contributed by atoms with van der Waals surface area (Å²) in [5.74, 6) is 0. The molecule has 1 aromatic rings. The lowest BCUT2D eigenvalue weighted by Gasteiger charge is -2.23. The van der Waals surface area contributed by atoms with Gasteiger partial charge in [-0.25, -0.2) is 8.42 Å². The summed E-state index contributed by atoms with van der Waals surface area (Å²) in [7, 11) is -3.70. The van der Waals surface area contributed by atoms with Gasteiger partial charge in [0.1, 0.15) is 0 Å². The van der Waals surface area contributed by atoms with Crippen molar-refractivity contribution >= 4 is 26.0 Å². The summed E-state index contributed by atoms with van der Waals surface area (Å²) in [4.78, 5) is -0.289. The van der Waals surface area contributed by atoms with Crippen molar-refractivity contribution in [1.82, 2.24) is 4.31 Å². The topological polar surface area (TPSA) is 77.8 Å². The van der Waals surface area contributed by atoms with Gasteiger partial charge in [0, 0.05) is 6.54 Å². The van der Waals surface area contributed by atoms with Crippen molar-refractivity contribution in [3.8, 4) is 0 Å². The Hall–Kier alpha value is -0.470. The number of nitrogens with zero attached hydrogens (tertiary/aromatic N) is 1. The van der Waals surface area contributed by atoms with E-state index in [1.54, 1.807) is 12.1 Å². The van der Waals surface area contributed by atoms with Gasteiger partial charge in [0.2, 0.25) is 10.0 Å². The van der Waals surface area contributed by atoms with Crippen molar-refractivity contribution in [2.45, 2.75) is 28.8 Å². The number of aliphatic hydroxyl groups excluding tert-OH is 2. The highest BCUT2D eigenvalue weighted by molar-refractivity contribution is 9.09. The number of benzene rings is 1. The summed E-state index contributed by atoms with van der Waals surface area (Å²) in [6.07, 6.45) is -0.822. The third-order valence-corrected chi connectivity index (χ3v) is 6.41. The molecule has 1 heterocycles. The second kappa shape index (κ2) is 5.49. The predicted molar refractivity (Wildman–Crippen MR) is 74.7 cm³/mol. The molecule has 0 spiro atoms. The van der Waals surface area contributed by atoms with E-state index in [1.807, 2.05) is 6.92 Å². The van der Waals surface area contributed by atoms with Crippen molar-refractivity contribution in [2.75, 3.05) is 13.2 Å². The first-order valence-electron chi connectivity index (χ1n) is 5.89. The first-order valence-corrected chi connectivity index (χ1v) is 8.25. The molecule has 1 saturated heterocycles. The standard InChI is InChI=1S/C12H16BrNO4S/c1-8-2-4-9(5-3-8)19(17,18)14-6-11(16)12(13)10(14)7-15/h2-5,10-12,15-16H,6-7H2,1H3/t10-,11-,12-/m1/s1. The first-order chi connectivity index (χ1) is 8.87. The third-order valence-electron chi connectivity index (χ3n) is 3.29. The van der Waals surface area contributed by atoms with Gasteiger partial charge in [-0.2, -0.15) is 4.31 Å². The van der Waals surface area contributed by atoms with Crippen LogP contribution in [0, 0.1) is 6.92 Å². The SMILES string of the molecule is Cc1ccc(S(=O)(=O)N2C[C@@H](O)[C@H](Br)[C@H]2CO)cc1. The van der Waals surface area contributed by atoms with Gasteiger partial charge in [-0.1, -0.05) is 33.6 Å². The second-order valence-corrected chi connectivity index (χ2v) is 7.60. The summed E-state index contributed by atoms with van der Waals surface area (Å²) >= 11 is 3.23. The maximum absolute atomic E-state index is 12.5. The van der Waals surface area contributed by atoms with E-state index in [-0.39, 0.29) is 18.0 Å². The Kier molecular flexibility index (Phi) is 4.32. The molecule has 1 aliphatic heterocycles. The Labute approximate surface area is 121 Å². The largest absolute Gasteiger partial charge is 0.395 e. The molecule has 106 valence electrons. The predicted octanol–water partition coefficient (Wildman–Crippen LogP) is 0.485. The average molecular weight is 350 g/mol. The van der Waals surface area contributed by atoms with E-state index in [9.17, 15) is 18.6 Å². The molecule has 5 nitrogen and oxygen atoms in total. The fourth-order valence-electron chi connectivity index (χ4n) is 2.15. The van der Waals surface area contributed by atoms with Gasteiger partial charge in [-0.15, -0.1) is 0 Å². The molecule has 0 amide bonds. The summed E-state index contributed by atoms with van der Waals surface area (Å²) in [5, 5.41) is 19.1. The lowest BCUT2D eigenvalue weighted by atomic mass is 10.2. The molecule has 1 aromatic carbocycles. The van der Waals surface area contributed by atoms with Crippen LogP contribution in [0.4, 0.5) is 0 Å². The van der Waals surface area contributed by atoms with Crippen molar-refractivity contribution in [2.24, 2.45) is 0 Å². The summed E-state index contributed by atoms with van der Waals surface area (Å²) < 4.78 is 26.1. The van der Waals surface area contributed by atoms with Crippen LogP contribution in [0.5, 0.6) is 0 Å². The van der Waals surface area contributed by atoms with Crippen molar-refractivity contribution in [3.05, 3.63) is 29.8 Å². The van der Waals surface area contributed by atoms with Crippen molar-refractivity contribution in [1.29, 1.82) is 0 Å². The molecule has 0 unspecified atom stereocenters. The van der Waals surface area contributed by atoms with E-state index in [1.165, 1.54) is 12.1 Å². The van der Waals surface area contributed by atoms with Crippen molar-refractivity contribution < 1.29 is 18.6 Å². The third kappa shape index (κ3) is 2.71. The van der Waals surface area contributed by atoms with Gasteiger partial charge in [-0.05, 0) is 19.1 Å². The van der Waals surface area contributed by atoms with Crippen molar-refractivity contribution in [3.63, 3.8) is 0 Å². The zero-order chi connectivity index (χ0) is 14.2. The van der Waals surface area contributed by atoms with Crippen LogP contribution in [0.3, 0.4) is 0 Å². The van der Waals surface area contributed by atoms with Crippen LogP contribution in [-0.2, 0) is 10.0 Å². The highest BCUT2D eigenvalue weighted by Crippen LogP contribution is 2.30. The number of aryl methyl sites for hydroxylation is 1. The normalized spacial score (nSPS) is 28.7. The van der Waals surface area contributed by atoms with E-state index >= 15 is 0 Å².